The maximum Gasteiger partial charge on any atom is 0.0607 e. The van der Waals surface area contributed by atoms with Crippen LogP contribution in [0.25, 0.3) is 45.1 Å². The first-order valence-electron chi connectivity index (χ1n) is 7.42. The van der Waals surface area contributed by atoms with E-state index in [1.165, 1.54) is 27.3 Å². The molecule has 0 bridgehead atoms. The summed E-state index contributed by atoms with van der Waals surface area (Å²) in [6.07, 6.45) is 4.34. The number of nitrogens with zero attached hydrogens (tertiary/aromatic N) is 1. The van der Waals surface area contributed by atoms with Gasteiger partial charge < -0.3 is 0 Å². The second-order valence-corrected chi connectivity index (χ2v) is 5.61. The number of hydrogen-bond donors (Lipinski definition) is 0. The average Bonchev–Trinajstić information content (AvgIpc) is 2.99. The van der Waals surface area contributed by atoms with E-state index in [4.69, 9.17) is 4.98 Å². The quantitative estimate of drug-likeness (QED) is 0.302. The van der Waals surface area contributed by atoms with Gasteiger partial charge in [-0.2, -0.15) is 0 Å². The maximum absolute atomic E-state index is 4.89. The van der Waals surface area contributed by atoms with E-state index >= 15 is 0 Å². The monoisotopic (exact) mass is 471 g/mol. The van der Waals surface area contributed by atoms with Crippen molar-refractivity contribution in [2.45, 2.75) is 0 Å². The number of benzene rings is 3. The Hall–Kier alpha value is -2.28. The molecule has 1 aromatic heterocycles. The molecule has 0 aliphatic heterocycles. The summed E-state index contributed by atoms with van der Waals surface area (Å²) in [6, 6.07) is 24.3. The van der Waals surface area contributed by atoms with Crippen molar-refractivity contribution in [3.8, 4) is 11.3 Å². The number of hydrogen-bond acceptors (Lipinski definition) is 1. The van der Waals surface area contributed by atoms with E-state index in [0.717, 1.165) is 16.8 Å². The standard InChI is InChI=1S/C21H12N.Ir/c1-2-8-17-14(5-1)6-3-9-18(17)20-13-16-12-11-15-7-4-10-19(22-20)21(15)16;/h1-8,10-13H;/q-1;. The number of aromatic nitrogens is 1. The van der Waals surface area contributed by atoms with Gasteiger partial charge in [-0.05, 0) is 22.9 Å². The van der Waals surface area contributed by atoms with Crippen LogP contribution in [0.3, 0.4) is 0 Å². The Bertz CT molecular complexity index is 1070. The van der Waals surface area contributed by atoms with E-state index in [-0.39, 0.29) is 20.1 Å². The van der Waals surface area contributed by atoms with Crippen molar-refractivity contribution in [2.24, 2.45) is 0 Å². The van der Waals surface area contributed by atoms with Crippen molar-refractivity contribution >= 4 is 33.8 Å². The molecule has 1 aliphatic rings. The van der Waals surface area contributed by atoms with Gasteiger partial charge in [0.1, 0.15) is 0 Å². The van der Waals surface area contributed by atoms with Gasteiger partial charge in [0.15, 0.2) is 0 Å². The topological polar surface area (TPSA) is 12.9 Å². The van der Waals surface area contributed by atoms with Crippen LogP contribution < -0.4 is 0 Å². The molecule has 0 N–H and O–H groups in total. The fourth-order valence-corrected chi connectivity index (χ4v) is 3.30. The molecule has 0 fully saturated rings. The van der Waals surface area contributed by atoms with Crippen LogP contribution in [0.4, 0.5) is 0 Å². The Morgan fingerprint density at radius 2 is 1.70 bits per heavy atom. The van der Waals surface area contributed by atoms with Gasteiger partial charge in [-0.3, -0.25) is 4.98 Å². The summed E-state index contributed by atoms with van der Waals surface area (Å²) >= 11 is 0. The van der Waals surface area contributed by atoms with Gasteiger partial charge in [0.2, 0.25) is 0 Å². The summed E-state index contributed by atoms with van der Waals surface area (Å²) in [5, 5.41) is 3.67. The van der Waals surface area contributed by atoms with Gasteiger partial charge in [0, 0.05) is 25.5 Å². The SMILES string of the molecule is [Ir].[c-]1ccc2ccccc2c1-c1cc2c3c(cccc3n1)C=C2. The van der Waals surface area contributed by atoms with E-state index in [2.05, 4.69) is 72.8 Å². The van der Waals surface area contributed by atoms with Crippen molar-refractivity contribution in [1.29, 1.82) is 0 Å². The molecule has 5 rings (SSSR count). The van der Waals surface area contributed by atoms with Crippen LogP contribution >= 0.6 is 0 Å². The van der Waals surface area contributed by atoms with E-state index in [1.807, 2.05) is 6.07 Å². The van der Waals surface area contributed by atoms with E-state index in [9.17, 15) is 0 Å². The molecule has 0 unspecified atom stereocenters. The Labute approximate surface area is 148 Å². The molecule has 1 radical (unpaired) electrons. The van der Waals surface area contributed by atoms with Gasteiger partial charge in [-0.15, -0.1) is 29.1 Å². The third-order valence-electron chi connectivity index (χ3n) is 4.32. The zero-order valence-corrected chi connectivity index (χ0v) is 14.6. The average molecular weight is 471 g/mol. The Balaban J connectivity index is 0.00000135. The van der Waals surface area contributed by atoms with Crippen molar-refractivity contribution in [2.75, 3.05) is 0 Å². The molecule has 0 atom stereocenters. The molecule has 4 aromatic rings. The second kappa shape index (κ2) is 5.42. The van der Waals surface area contributed by atoms with Crippen LogP contribution in [0.2, 0.25) is 0 Å². The van der Waals surface area contributed by atoms with Crippen LogP contribution in [0.5, 0.6) is 0 Å². The van der Waals surface area contributed by atoms with E-state index in [1.54, 1.807) is 0 Å². The molecule has 111 valence electrons. The smallest absolute Gasteiger partial charge is 0.0607 e. The van der Waals surface area contributed by atoms with Crippen LogP contribution in [0.15, 0.2) is 60.7 Å². The van der Waals surface area contributed by atoms with E-state index in [0.29, 0.717) is 0 Å². The molecule has 3 aromatic carbocycles. The fraction of sp³-hybridized carbons (Fsp3) is 0. The third kappa shape index (κ3) is 2.15. The first-order valence-corrected chi connectivity index (χ1v) is 7.42. The van der Waals surface area contributed by atoms with Crippen LogP contribution in [-0.4, -0.2) is 4.98 Å². The van der Waals surface area contributed by atoms with Gasteiger partial charge in [-0.1, -0.05) is 60.0 Å². The molecule has 0 saturated heterocycles. The maximum atomic E-state index is 4.89. The minimum absolute atomic E-state index is 0. The summed E-state index contributed by atoms with van der Waals surface area (Å²) in [6.45, 7) is 0. The summed E-state index contributed by atoms with van der Waals surface area (Å²) in [5.41, 5.74) is 5.62. The molecule has 1 nitrogen and oxygen atoms in total. The molecule has 2 heteroatoms. The predicted molar refractivity (Wildman–Crippen MR) is 92.4 cm³/mol. The first kappa shape index (κ1) is 14.3. The Kier molecular flexibility index (Phi) is 3.37. The van der Waals surface area contributed by atoms with Gasteiger partial charge >= 0.3 is 0 Å². The Morgan fingerprint density at radius 1 is 0.826 bits per heavy atom. The number of fused-ring (bicyclic) bond motifs is 1. The van der Waals surface area contributed by atoms with E-state index < -0.39 is 0 Å². The van der Waals surface area contributed by atoms with Gasteiger partial charge in [0.05, 0.1) is 5.52 Å². The predicted octanol–water partition coefficient (Wildman–Crippen LogP) is 5.34. The fourth-order valence-electron chi connectivity index (χ4n) is 3.30. The number of pyridine rings is 1. The minimum atomic E-state index is 0. The van der Waals surface area contributed by atoms with Gasteiger partial charge in [0.25, 0.3) is 0 Å². The molecule has 1 aliphatic carbocycles. The molecular formula is C21H12IrN-. The van der Waals surface area contributed by atoms with Crippen molar-refractivity contribution < 1.29 is 20.1 Å². The molecule has 23 heavy (non-hydrogen) atoms. The van der Waals surface area contributed by atoms with Crippen LogP contribution in [0.1, 0.15) is 11.1 Å². The number of rotatable bonds is 1. The summed E-state index contributed by atoms with van der Waals surface area (Å²) < 4.78 is 0. The molecule has 1 heterocycles. The van der Waals surface area contributed by atoms with Crippen molar-refractivity contribution in [3.05, 3.63) is 77.9 Å². The third-order valence-corrected chi connectivity index (χ3v) is 4.32. The zero-order valence-electron chi connectivity index (χ0n) is 12.2. The second-order valence-electron chi connectivity index (χ2n) is 5.61. The summed E-state index contributed by atoms with van der Waals surface area (Å²) in [5.74, 6) is 0. The van der Waals surface area contributed by atoms with Crippen LogP contribution in [0, 0.1) is 6.07 Å². The Morgan fingerprint density at radius 3 is 2.65 bits per heavy atom. The molecular weight excluding hydrogens is 458 g/mol. The summed E-state index contributed by atoms with van der Waals surface area (Å²) in [7, 11) is 0. The normalized spacial score (nSPS) is 11.8. The largest absolute Gasteiger partial charge is 0.296 e. The first-order chi connectivity index (χ1) is 10.9. The van der Waals surface area contributed by atoms with Crippen molar-refractivity contribution in [1.82, 2.24) is 4.98 Å². The zero-order chi connectivity index (χ0) is 14.5. The van der Waals surface area contributed by atoms with Crippen molar-refractivity contribution in [3.63, 3.8) is 0 Å². The van der Waals surface area contributed by atoms with Gasteiger partial charge in [-0.25, -0.2) is 0 Å². The summed E-state index contributed by atoms with van der Waals surface area (Å²) in [4.78, 5) is 4.89. The molecule has 0 amide bonds. The minimum Gasteiger partial charge on any atom is -0.296 e. The van der Waals surface area contributed by atoms with Crippen LogP contribution in [-0.2, 0) is 20.1 Å². The molecule has 0 saturated carbocycles. The molecule has 0 spiro atoms.